The first-order valence-electron chi connectivity index (χ1n) is 7.39. The molecule has 0 aliphatic carbocycles. The summed E-state index contributed by atoms with van der Waals surface area (Å²) in [6.45, 7) is 0.313. The number of nitrogens with zero attached hydrogens (tertiary/aromatic N) is 1. The molecule has 2 rings (SSSR count). The minimum absolute atomic E-state index is 0.235. The molecule has 1 aromatic carbocycles. The van der Waals surface area contributed by atoms with Crippen LogP contribution in [0.2, 0.25) is 0 Å². The molecule has 1 aliphatic rings. The van der Waals surface area contributed by atoms with Crippen LogP contribution in [-0.2, 0) is 19.1 Å². The van der Waals surface area contributed by atoms with E-state index in [4.69, 9.17) is 9.47 Å². The Balaban J connectivity index is 2.43. The van der Waals surface area contributed by atoms with Gasteiger partial charge in [-0.15, -0.1) is 0 Å². The summed E-state index contributed by atoms with van der Waals surface area (Å²) in [5.74, 6) is -1.29. The van der Waals surface area contributed by atoms with Crippen LogP contribution in [0.15, 0.2) is 30.3 Å². The largest absolute Gasteiger partial charge is 0.469 e. The molecule has 1 aliphatic heterocycles. The summed E-state index contributed by atoms with van der Waals surface area (Å²) >= 11 is 0. The molecule has 2 atom stereocenters. The second-order valence-corrected chi connectivity index (χ2v) is 5.76. The zero-order chi connectivity index (χ0) is 17.0. The first-order chi connectivity index (χ1) is 11.0. The molecule has 1 amide bonds. The average Bonchev–Trinajstić information content (AvgIpc) is 2.81. The number of likely N-dealkylation sites (N-methyl/N-ethyl adjacent to an activating group) is 1. The van der Waals surface area contributed by atoms with Gasteiger partial charge in [-0.3, -0.25) is 14.4 Å². The monoisotopic (exact) mass is 319 g/mol. The highest BCUT2D eigenvalue weighted by Crippen LogP contribution is 2.41. The molecule has 1 aromatic rings. The van der Waals surface area contributed by atoms with Gasteiger partial charge in [-0.2, -0.15) is 0 Å². The van der Waals surface area contributed by atoms with Gasteiger partial charge in [-0.25, -0.2) is 0 Å². The van der Waals surface area contributed by atoms with Gasteiger partial charge < -0.3 is 14.4 Å². The Bertz CT molecular complexity index is 600. The summed E-state index contributed by atoms with van der Waals surface area (Å²) in [5, 5.41) is 0. The maximum Gasteiger partial charge on any atom is 0.307 e. The molecular formula is C17H21NO5. The summed E-state index contributed by atoms with van der Waals surface area (Å²) in [6, 6.07) is 8.31. The smallest absolute Gasteiger partial charge is 0.307 e. The van der Waals surface area contributed by atoms with E-state index in [1.54, 1.807) is 37.4 Å². The van der Waals surface area contributed by atoms with E-state index in [1.165, 1.54) is 19.1 Å². The van der Waals surface area contributed by atoms with Gasteiger partial charge in [0.05, 0.1) is 26.2 Å². The van der Waals surface area contributed by atoms with E-state index < -0.39 is 11.4 Å². The predicted octanol–water partition coefficient (Wildman–Crippen LogP) is 1.30. The van der Waals surface area contributed by atoms with Gasteiger partial charge in [-0.1, -0.05) is 30.3 Å². The topological polar surface area (TPSA) is 72.9 Å². The van der Waals surface area contributed by atoms with Crippen molar-refractivity contribution in [2.75, 3.05) is 27.9 Å². The minimum atomic E-state index is -1.42. The van der Waals surface area contributed by atoms with Crippen molar-refractivity contribution in [2.24, 2.45) is 5.41 Å². The van der Waals surface area contributed by atoms with Crippen molar-refractivity contribution >= 4 is 17.7 Å². The lowest BCUT2D eigenvalue weighted by Crippen LogP contribution is -2.41. The molecule has 0 N–H and O–H groups in total. The Morgan fingerprint density at radius 2 is 1.91 bits per heavy atom. The van der Waals surface area contributed by atoms with E-state index in [0.29, 0.717) is 12.2 Å². The molecule has 1 fully saturated rings. The predicted molar refractivity (Wildman–Crippen MR) is 82.9 cm³/mol. The zero-order valence-corrected chi connectivity index (χ0v) is 13.6. The number of likely N-dealkylation sites (tertiary alicyclic amines) is 1. The molecule has 1 unspecified atom stereocenters. The van der Waals surface area contributed by atoms with E-state index in [-0.39, 0.29) is 30.6 Å². The fourth-order valence-corrected chi connectivity index (χ4v) is 3.10. The van der Waals surface area contributed by atoms with Crippen molar-refractivity contribution < 1.29 is 23.9 Å². The number of rotatable bonds is 6. The van der Waals surface area contributed by atoms with Gasteiger partial charge in [0.15, 0.2) is 5.78 Å². The lowest BCUT2D eigenvalue weighted by atomic mass is 9.75. The third-order valence-corrected chi connectivity index (χ3v) is 4.36. The van der Waals surface area contributed by atoms with Crippen molar-refractivity contribution in [3.8, 4) is 0 Å². The summed E-state index contributed by atoms with van der Waals surface area (Å²) < 4.78 is 9.84. The number of benzene rings is 1. The Kier molecular flexibility index (Phi) is 5.15. The van der Waals surface area contributed by atoms with Gasteiger partial charge in [-0.05, 0) is 6.42 Å². The van der Waals surface area contributed by atoms with Crippen LogP contribution in [-0.4, -0.2) is 56.5 Å². The average molecular weight is 319 g/mol. The standard InChI is InChI=1S/C17H21NO5/c1-18-13(11-22-2)9-17(16(18)21,10-14(19)23-3)15(20)12-7-5-4-6-8-12/h4-8,13H,9-11H2,1-3H3/t13-,17?/m0/s1. The third-order valence-electron chi connectivity index (χ3n) is 4.36. The molecule has 6 nitrogen and oxygen atoms in total. The van der Waals surface area contributed by atoms with Crippen molar-refractivity contribution in [2.45, 2.75) is 18.9 Å². The second kappa shape index (κ2) is 6.91. The number of ketones is 1. The zero-order valence-electron chi connectivity index (χ0n) is 13.6. The minimum Gasteiger partial charge on any atom is -0.469 e. The van der Waals surface area contributed by atoms with Crippen LogP contribution in [0.25, 0.3) is 0 Å². The van der Waals surface area contributed by atoms with Crippen LogP contribution in [0.5, 0.6) is 0 Å². The molecule has 23 heavy (non-hydrogen) atoms. The number of Topliss-reactive ketones (excluding diaryl/α,β-unsaturated/α-hetero) is 1. The molecule has 0 radical (unpaired) electrons. The Labute approximate surface area is 135 Å². The van der Waals surface area contributed by atoms with Crippen molar-refractivity contribution in [3.05, 3.63) is 35.9 Å². The van der Waals surface area contributed by atoms with E-state index >= 15 is 0 Å². The molecule has 1 heterocycles. The van der Waals surface area contributed by atoms with Crippen molar-refractivity contribution in [1.82, 2.24) is 4.90 Å². The molecular weight excluding hydrogens is 298 g/mol. The highest BCUT2D eigenvalue weighted by molar-refractivity contribution is 6.16. The number of carbonyl (C=O) groups is 3. The van der Waals surface area contributed by atoms with Crippen LogP contribution >= 0.6 is 0 Å². The second-order valence-electron chi connectivity index (χ2n) is 5.76. The van der Waals surface area contributed by atoms with Crippen LogP contribution in [0.4, 0.5) is 0 Å². The Morgan fingerprint density at radius 3 is 2.48 bits per heavy atom. The lowest BCUT2D eigenvalue weighted by Gasteiger charge is -2.24. The maximum absolute atomic E-state index is 13.0. The molecule has 1 saturated heterocycles. The summed E-state index contributed by atoms with van der Waals surface area (Å²) in [4.78, 5) is 39.2. The number of ether oxygens (including phenoxy) is 2. The summed E-state index contributed by atoms with van der Waals surface area (Å²) in [6.07, 6.45) is -0.0282. The van der Waals surface area contributed by atoms with Gasteiger partial charge in [0, 0.05) is 19.7 Å². The lowest BCUT2D eigenvalue weighted by molar-refractivity contribution is -0.147. The van der Waals surface area contributed by atoms with Crippen LogP contribution < -0.4 is 0 Å². The van der Waals surface area contributed by atoms with E-state index in [0.717, 1.165) is 0 Å². The third kappa shape index (κ3) is 3.12. The SMILES string of the molecule is COC[C@@H]1CC(CC(=O)OC)(C(=O)c2ccccc2)C(=O)N1C. The van der Waals surface area contributed by atoms with Gasteiger partial charge in [0.2, 0.25) is 5.91 Å². The van der Waals surface area contributed by atoms with Gasteiger partial charge in [0.25, 0.3) is 0 Å². The molecule has 0 saturated carbocycles. The molecule has 0 bridgehead atoms. The normalized spacial score (nSPS) is 23.9. The van der Waals surface area contributed by atoms with E-state index in [9.17, 15) is 14.4 Å². The van der Waals surface area contributed by atoms with E-state index in [1.807, 2.05) is 0 Å². The van der Waals surface area contributed by atoms with Gasteiger partial charge in [0.1, 0.15) is 5.41 Å². The van der Waals surface area contributed by atoms with Crippen LogP contribution in [0.1, 0.15) is 23.2 Å². The molecule has 6 heteroatoms. The van der Waals surface area contributed by atoms with Gasteiger partial charge >= 0.3 is 5.97 Å². The summed E-state index contributed by atoms with van der Waals surface area (Å²) in [5.41, 5.74) is -1.01. The van der Waals surface area contributed by atoms with Crippen molar-refractivity contribution in [1.29, 1.82) is 0 Å². The quantitative estimate of drug-likeness (QED) is 0.449. The number of hydrogen-bond donors (Lipinski definition) is 0. The number of amides is 1. The molecule has 0 aromatic heterocycles. The van der Waals surface area contributed by atoms with E-state index in [2.05, 4.69) is 0 Å². The highest BCUT2D eigenvalue weighted by Gasteiger charge is 2.56. The number of carbonyl (C=O) groups excluding carboxylic acids is 3. The number of esters is 1. The fourth-order valence-electron chi connectivity index (χ4n) is 3.10. The van der Waals surface area contributed by atoms with Crippen LogP contribution in [0, 0.1) is 5.41 Å². The molecule has 0 spiro atoms. The summed E-state index contributed by atoms with van der Waals surface area (Å²) in [7, 11) is 4.42. The molecule has 124 valence electrons. The fraction of sp³-hybridized carbons (Fsp3) is 0.471. The maximum atomic E-state index is 13.0. The van der Waals surface area contributed by atoms with Crippen molar-refractivity contribution in [3.63, 3.8) is 0 Å². The van der Waals surface area contributed by atoms with Crippen LogP contribution in [0.3, 0.4) is 0 Å². The number of hydrogen-bond acceptors (Lipinski definition) is 5. The first kappa shape index (κ1) is 17.1. The number of methoxy groups -OCH3 is 2. The first-order valence-corrected chi connectivity index (χ1v) is 7.39. The Morgan fingerprint density at radius 1 is 1.26 bits per heavy atom. The highest BCUT2D eigenvalue weighted by atomic mass is 16.5. The Hall–Kier alpha value is -2.21.